The number of halogens is 1. The third kappa shape index (κ3) is 3.30. The van der Waals surface area contributed by atoms with Gasteiger partial charge >= 0.3 is 0 Å². The molecule has 0 unspecified atom stereocenters. The molecule has 1 saturated carbocycles. The lowest BCUT2D eigenvalue weighted by atomic mass is 10.00. The van der Waals surface area contributed by atoms with Gasteiger partial charge in [-0.1, -0.05) is 12.8 Å². The molecule has 1 N–H and O–H groups in total. The zero-order valence-electron chi connectivity index (χ0n) is 9.13. The Morgan fingerprint density at radius 2 is 2.27 bits per heavy atom. The highest BCUT2D eigenvalue weighted by Crippen LogP contribution is 2.28. The van der Waals surface area contributed by atoms with Crippen molar-refractivity contribution in [1.82, 2.24) is 5.32 Å². The molecule has 1 atom stereocenters. The molecule has 0 aromatic carbocycles. The van der Waals surface area contributed by atoms with E-state index in [-0.39, 0.29) is 0 Å². The van der Waals surface area contributed by atoms with Crippen LogP contribution in [0.15, 0.2) is 15.9 Å². The molecule has 1 aromatic heterocycles. The van der Waals surface area contributed by atoms with Gasteiger partial charge < -0.3 is 5.32 Å². The number of thiophene rings is 1. The highest BCUT2D eigenvalue weighted by Gasteiger charge is 2.20. The average molecular weight is 288 g/mol. The monoisotopic (exact) mass is 287 g/mol. The second-order valence-corrected chi connectivity index (χ2v) is 6.36. The molecule has 1 fully saturated rings. The van der Waals surface area contributed by atoms with Crippen LogP contribution in [0.1, 0.15) is 37.5 Å². The van der Waals surface area contributed by atoms with E-state index in [0.717, 1.165) is 12.5 Å². The van der Waals surface area contributed by atoms with Crippen molar-refractivity contribution in [3.8, 4) is 0 Å². The number of hydrogen-bond donors (Lipinski definition) is 1. The molecule has 0 radical (unpaired) electrons. The van der Waals surface area contributed by atoms with Gasteiger partial charge in [-0.3, -0.25) is 0 Å². The molecular weight excluding hydrogens is 270 g/mol. The molecule has 0 amide bonds. The molecule has 1 aliphatic rings. The lowest BCUT2D eigenvalue weighted by Gasteiger charge is -2.19. The van der Waals surface area contributed by atoms with Crippen LogP contribution in [0.3, 0.4) is 0 Å². The Hall–Kier alpha value is 0.140. The fourth-order valence-corrected chi connectivity index (χ4v) is 3.73. The second kappa shape index (κ2) is 5.46. The van der Waals surface area contributed by atoms with E-state index < -0.39 is 0 Å². The minimum Gasteiger partial charge on any atom is -0.309 e. The first-order valence-corrected chi connectivity index (χ1v) is 7.39. The Morgan fingerprint density at radius 3 is 2.87 bits per heavy atom. The first kappa shape index (κ1) is 11.6. The molecule has 2 rings (SSSR count). The van der Waals surface area contributed by atoms with Gasteiger partial charge in [-0.25, -0.2) is 0 Å². The lowest BCUT2D eigenvalue weighted by Crippen LogP contribution is -2.31. The molecule has 1 aromatic rings. The highest BCUT2D eigenvalue weighted by atomic mass is 79.9. The van der Waals surface area contributed by atoms with Crippen molar-refractivity contribution in [2.45, 2.75) is 45.2 Å². The summed E-state index contributed by atoms with van der Waals surface area (Å²) in [5.41, 5.74) is 0. The van der Waals surface area contributed by atoms with Crippen LogP contribution in [0, 0.1) is 5.92 Å². The van der Waals surface area contributed by atoms with E-state index in [2.05, 4.69) is 39.6 Å². The summed E-state index contributed by atoms with van der Waals surface area (Å²) in [6.45, 7) is 3.35. The molecule has 0 saturated heterocycles. The van der Waals surface area contributed by atoms with Gasteiger partial charge in [0.2, 0.25) is 0 Å². The van der Waals surface area contributed by atoms with Gasteiger partial charge in [-0.05, 0) is 47.7 Å². The van der Waals surface area contributed by atoms with E-state index >= 15 is 0 Å². The lowest BCUT2D eigenvalue weighted by molar-refractivity contribution is 0.381. The normalized spacial score (nSPS) is 19.6. The van der Waals surface area contributed by atoms with Gasteiger partial charge in [0.1, 0.15) is 0 Å². The third-order valence-corrected chi connectivity index (χ3v) is 5.02. The fraction of sp³-hybridized carbons (Fsp3) is 0.667. The van der Waals surface area contributed by atoms with Gasteiger partial charge in [-0.2, -0.15) is 0 Å². The molecule has 0 spiro atoms. The minimum atomic E-state index is 0.674. The summed E-state index contributed by atoms with van der Waals surface area (Å²) >= 11 is 5.31. The van der Waals surface area contributed by atoms with E-state index in [4.69, 9.17) is 0 Å². The summed E-state index contributed by atoms with van der Waals surface area (Å²) in [4.78, 5) is 1.42. The molecule has 15 heavy (non-hydrogen) atoms. The molecule has 1 aliphatic carbocycles. The van der Waals surface area contributed by atoms with Crippen molar-refractivity contribution < 1.29 is 0 Å². The van der Waals surface area contributed by atoms with E-state index in [1.165, 1.54) is 35.0 Å². The van der Waals surface area contributed by atoms with Crippen LogP contribution in [0.25, 0.3) is 0 Å². The summed E-state index contributed by atoms with van der Waals surface area (Å²) < 4.78 is 1.21. The fourth-order valence-electron chi connectivity index (χ4n) is 2.33. The van der Waals surface area contributed by atoms with Gasteiger partial charge in [0.15, 0.2) is 0 Å². The van der Waals surface area contributed by atoms with Crippen molar-refractivity contribution in [2.24, 2.45) is 5.92 Å². The van der Waals surface area contributed by atoms with Crippen molar-refractivity contribution in [3.05, 3.63) is 20.8 Å². The van der Waals surface area contributed by atoms with Crippen LogP contribution in [-0.4, -0.2) is 6.04 Å². The predicted molar refractivity (Wildman–Crippen MR) is 70.3 cm³/mol. The summed E-state index contributed by atoms with van der Waals surface area (Å²) in [6.07, 6.45) is 5.70. The van der Waals surface area contributed by atoms with Gasteiger partial charge in [0, 0.05) is 27.3 Å². The maximum atomic E-state index is 3.64. The Morgan fingerprint density at radius 1 is 1.53 bits per heavy atom. The SMILES string of the molecule is C[C@@H](NCc1cc(Br)cs1)C1CCCC1. The van der Waals surface area contributed by atoms with Gasteiger partial charge in [0.25, 0.3) is 0 Å². The van der Waals surface area contributed by atoms with Crippen molar-refractivity contribution in [3.63, 3.8) is 0 Å². The van der Waals surface area contributed by atoms with Crippen LogP contribution in [0.4, 0.5) is 0 Å². The number of hydrogen-bond acceptors (Lipinski definition) is 2. The maximum absolute atomic E-state index is 3.64. The molecule has 0 bridgehead atoms. The minimum absolute atomic E-state index is 0.674. The van der Waals surface area contributed by atoms with E-state index in [0.29, 0.717) is 6.04 Å². The Kier molecular flexibility index (Phi) is 4.23. The van der Waals surface area contributed by atoms with E-state index in [1.54, 1.807) is 0 Å². The standard InChI is InChI=1S/C12H18BrNS/c1-9(10-4-2-3-5-10)14-7-12-6-11(13)8-15-12/h6,8-10,14H,2-5,7H2,1H3/t9-/m1/s1. The number of rotatable bonds is 4. The molecule has 3 heteroatoms. The van der Waals surface area contributed by atoms with E-state index in [1.807, 2.05) is 11.3 Å². The maximum Gasteiger partial charge on any atom is 0.0302 e. The first-order chi connectivity index (χ1) is 7.25. The summed E-state index contributed by atoms with van der Waals surface area (Å²) in [7, 11) is 0. The van der Waals surface area contributed by atoms with Crippen molar-refractivity contribution in [1.29, 1.82) is 0 Å². The Bertz CT molecular complexity index is 304. The molecule has 1 nitrogen and oxygen atoms in total. The van der Waals surface area contributed by atoms with Crippen LogP contribution in [0.5, 0.6) is 0 Å². The Balaban J connectivity index is 1.77. The third-order valence-electron chi connectivity index (χ3n) is 3.33. The molecular formula is C12H18BrNS. The first-order valence-electron chi connectivity index (χ1n) is 5.72. The van der Waals surface area contributed by atoms with Crippen LogP contribution < -0.4 is 5.32 Å². The van der Waals surface area contributed by atoms with E-state index in [9.17, 15) is 0 Å². The summed E-state index contributed by atoms with van der Waals surface area (Å²) in [6, 6.07) is 2.88. The molecule has 1 heterocycles. The van der Waals surface area contributed by atoms with Crippen molar-refractivity contribution in [2.75, 3.05) is 0 Å². The van der Waals surface area contributed by atoms with Crippen molar-refractivity contribution >= 4 is 27.3 Å². The quantitative estimate of drug-likeness (QED) is 0.876. The van der Waals surface area contributed by atoms with Gasteiger partial charge in [0.05, 0.1) is 0 Å². The number of nitrogens with one attached hydrogen (secondary N) is 1. The molecule has 0 aliphatic heterocycles. The van der Waals surface area contributed by atoms with Crippen LogP contribution >= 0.6 is 27.3 Å². The zero-order chi connectivity index (χ0) is 10.7. The Labute approximate surface area is 104 Å². The summed E-state index contributed by atoms with van der Waals surface area (Å²) in [5.74, 6) is 0.911. The van der Waals surface area contributed by atoms with Crippen LogP contribution in [-0.2, 0) is 6.54 Å². The highest BCUT2D eigenvalue weighted by molar-refractivity contribution is 9.10. The second-order valence-electron chi connectivity index (χ2n) is 4.45. The van der Waals surface area contributed by atoms with Gasteiger partial charge in [-0.15, -0.1) is 11.3 Å². The average Bonchev–Trinajstić information content (AvgIpc) is 2.84. The largest absolute Gasteiger partial charge is 0.309 e. The smallest absolute Gasteiger partial charge is 0.0302 e. The zero-order valence-corrected chi connectivity index (χ0v) is 11.5. The topological polar surface area (TPSA) is 12.0 Å². The predicted octanol–water partition coefficient (Wildman–Crippen LogP) is 4.18. The molecule has 84 valence electrons. The van der Waals surface area contributed by atoms with Crippen LogP contribution in [0.2, 0.25) is 0 Å². The summed E-state index contributed by atoms with van der Waals surface area (Å²) in [5, 5.41) is 5.79.